The number of ether oxygens (including phenoxy) is 3. The van der Waals surface area contributed by atoms with Gasteiger partial charge in [-0.1, -0.05) is 66.7 Å². The summed E-state index contributed by atoms with van der Waals surface area (Å²) < 4.78 is 15.6. The lowest BCUT2D eigenvalue weighted by Gasteiger charge is -2.18. The summed E-state index contributed by atoms with van der Waals surface area (Å²) in [6, 6.07) is 25.6. The van der Waals surface area contributed by atoms with Gasteiger partial charge in [0, 0.05) is 24.1 Å². The molecule has 0 atom stereocenters. The third kappa shape index (κ3) is 7.10. The normalized spacial score (nSPS) is 10.5. The lowest BCUT2D eigenvalue weighted by Crippen LogP contribution is -2.30. The van der Waals surface area contributed by atoms with Gasteiger partial charge in [0.2, 0.25) is 0 Å². The molecule has 3 aromatic rings. The topological polar surface area (TPSA) is 73.9 Å². The Morgan fingerprint density at radius 1 is 0.848 bits per heavy atom. The largest absolute Gasteiger partial charge is 0.497 e. The number of esters is 1. The molecule has 0 unspecified atom stereocenters. The van der Waals surface area contributed by atoms with Gasteiger partial charge in [-0.15, -0.1) is 0 Å². The second kappa shape index (κ2) is 12.3. The maximum atomic E-state index is 12.2. The van der Waals surface area contributed by atoms with Crippen LogP contribution in [0.25, 0.3) is 0 Å². The predicted molar refractivity (Wildman–Crippen MR) is 127 cm³/mol. The Bertz CT molecular complexity index is 997. The van der Waals surface area contributed by atoms with Crippen molar-refractivity contribution in [3.8, 4) is 11.5 Å². The predicted octanol–water partition coefficient (Wildman–Crippen LogP) is 4.13. The molecule has 0 heterocycles. The number of amides is 1. The highest BCUT2D eigenvalue weighted by Gasteiger charge is 2.15. The SMILES string of the molecule is COc1ccc(CC(=O)OCC(=O)NCCC(c2ccccc2)c2ccccc2)c(OC)c1. The van der Waals surface area contributed by atoms with Gasteiger partial charge in [-0.25, -0.2) is 0 Å². The number of methoxy groups -OCH3 is 2. The van der Waals surface area contributed by atoms with Crippen molar-refractivity contribution in [2.75, 3.05) is 27.4 Å². The van der Waals surface area contributed by atoms with Crippen LogP contribution < -0.4 is 14.8 Å². The van der Waals surface area contributed by atoms with E-state index in [4.69, 9.17) is 14.2 Å². The zero-order chi connectivity index (χ0) is 23.5. The summed E-state index contributed by atoms with van der Waals surface area (Å²) in [6.45, 7) is 0.149. The van der Waals surface area contributed by atoms with E-state index in [9.17, 15) is 9.59 Å². The lowest BCUT2D eigenvalue weighted by atomic mass is 9.88. The number of nitrogens with one attached hydrogen (secondary N) is 1. The summed E-state index contributed by atoms with van der Waals surface area (Å²) in [5.74, 6) is 0.499. The van der Waals surface area contributed by atoms with Crippen molar-refractivity contribution in [2.24, 2.45) is 0 Å². The highest BCUT2D eigenvalue weighted by molar-refractivity contribution is 5.81. The van der Waals surface area contributed by atoms with E-state index in [1.54, 1.807) is 25.3 Å². The van der Waals surface area contributed by atoms with Crippen molar-refractivity contribution < 1.29 is 23.8 Å². The molecule has 3 aromatic carbocycles. The molecule has 1 amide bonds. The maximum absolute atomic E-state index is 12.2. The van der Waals surface area contributed by atoms with Crippen LogP contribution in [0.5, 0.6) is 11.5 Å². The molecular formula is C27H29NO5. The molecule has 0 aliphatic carbocycles. The number of benzene rings is 3. The first kappa shape index (κ1) is 23.9. The standard InChI is InChI=1S/C27H29NO5/c1-31-23-14-13-22(25(18-23)32-2)17-27(30)33-19-26(29)28-16-15-24(20-9-5-3-6-10-20)21-11-7-4-8-12-21/h3-14,18,24H,15-17,19H2,1-2H3,(H,28,29). The smallest absolute Gasteiger partial charge is 0.310 e. The van der Waals surface area contributed by atoms with Crippen molar-refractivity contribution in [1.82, 2.24) is 5.32 Å². The van der Waals surface area contributed by atoms with Crippen molar-refractivity contribution in [3.05, 3.63) is 95.6 Å². The molecule has 172 valence electrons. The highest BCUT2D eigenvalue weighted by Crippen LogP contribution is 2.27. The van der Waals surface area contributed by atoms with Gasteiger partial charge in [-0.2, -0.15) is 0 Å². The minimum Gasteiger partial charge on any atom is -0.497 e. The van der Waals surface area contributed by atoms with Crippen LogP contribution in [-0.4, -0.2) is 39.2 Å². The second-order valence-corrected chi connectivity index (χ2v) is 7.53. The lowest BCUT2D eigenvalue weighted by molar-refractivity contribution is -0.147. The van der Waals surface area contributed by atoms with E-state index in [-0.39, 0.29) is 24.9 Å². The van der Waals surface area contributed by atoms with Gasteiger partial charge in [0.1, 0.15) is 11.5 Å². The van der Waals surface area contributed by atoms with Crippen LogP contribution in [0.4, 0.5) is 0 Å². The molecule has 0 fully saturated rings. The molecule has 33 heavy (non-hydrogen) atoms. The highest BCUT2D eigenvalue weighted by atomic mass is 16.5. The molecule has 1 N–H and O–H groups in total. The van der Waals surface area contributed by atoms with Crippen molar-refractivity contribution in [3.63, 3.8) is 0 Å². The third-order valence-corrected chi connectivity index (χ3v) is 5.35. The first-order valence-corrected chi connectivity index (χ1v) is 10.8. The van der Waals surface area contributed by atoms with Crippen LogP contribution in [0.3, 0.4) is 0 Å². The molecule has 0 aliphatic heterocycles. The van der Waals surface area contributed by atoms with E-state index in [0.29, 0.717) is 23.6 Å². The molecule has 0 aromatic heterocycles. The van der Waals surface area contributed by atoms with Gasteiger partial charge in [0.05, 0.1) is 20.6 Å². The number of hydrogen-bond acceptors (Lipinski definition) is 5. The van der Waals surface area contributed by atoms with Gasteiger partial charge in [0.25, 0.3) is 5.91 Å². The Hall–Kier alpha value is -3.80. The zero-order valence-corrected chi connectivity index (χ0v) is 19.0. The van der Waals surface area contributed by atoms with E-state index in [1.165, 1.54) is 18.2 Å². The van der Waals surface area contributed by atoms with E-state index < -0.39 is 5.97 Å². The van der Waals surface area contributed by atoms with Crippen molar-refractivity contribution >= 4 is 11.9 Å². The minimum atomic E-state index is -0.500. The number of rotatable bonds is 11. The van der Waals surface area contributed by atoms with E-state index in [2.05, 4.69) is 29.6 Å². The average Bonchev–Trinajstić information content (AvgIpc) is 2.86. The third-order valence-electron chi connectivity index (χ3n) is 5.35. The summed E-state index contributed by atoms with van der Waals surface area (Å²) >= 11 is 0. The second-order valence-electron chi connectivity index (χ2n) is 7.53. The Labute approximate surface area is 194 Å². The van der Waals surface area contributed by atoms with Gasteiger partial charge in [-0.05, 0) is 23.6 Å². The van der Waals surface area contributed by atoms with Crippen LogP contribution in [0, 0.1) is 0 Å². The van der Waals surface area contributed by atoms with Gasteiger partial charge in [0.15, 0.2) is 6.61 Å². The molecular weight excluding hydrogens is 418 g/mol. The Kier molecular flexibility index (Phi) is 8.88. The number of carbonyl (C=O) groups excluding carboxylic acids is 2. The fraction of sp³-hybridized carbons (Fsp3) is 0.259. The van der Waals surface area contributed by atoms with Gasteiger partial charge in [-0.3, -0.25) is 9.59 Å². The Balaban J connectivity index is 1.48. The van der Waals surface area contributed by atoms with E-state index in [0.717, 1.165) is 6.42 Å². The van der Waals surface area contributed by atoms with Crippen LogP contribution in [0.1, 0.15) is 29.0 Å². The summed E-state index contributed by atoms with van der Waals surface area (Å²) in [4.78, 5) is 24.4. The molecule has 6 heteroatoms. The first-order valence-electron chi connectivity index (χ1n) is 10.8. The molecule has 0 bridgehead atoms. The monoisotopic (exact) mass is 447 g/mol. The summed E-state index contributed by atoms with van der Waals surface area (Å²) in [6.07, 6.45) is 0.737. The van der Waals surface area contributed by atoms with Gasteiger partial charge >= 0.3 is 5.97 Å². The average molecular weight is 448 g/mol. The Morgan fingerprint density at radius 3 is 2.06 bits per heavy atom. The van der Waals surface area contributed by atoms with Crippen LogP contribution in [0.2, 0.25) is 0 Å². The molecule has 3 rings (SSSR count). The summed E-state index contributed by atoms with van der Waals surface area (Å²) in [5.41, 5.74) is 3.05. The fourth-order valence-electron chi connectivity index (χ4n) is 3.65. The quantitative estimate of drug-likeness (QED) is 0.448. The minimum absolute atomic E-state index is 0.00450. The van der Waals surface area contributed by atoms with Crippen LogP contribution in [-0.2, 0) is 20.7 Å². The number of carbonyl (C=O) groups is 2. The van der Waals surface area contributed by atoms with Crippen molar-refractivity contribution in [1.29, 1.82) is 0 Å². The van der Waals surface area contributed by atoms with Crippen LogP contribution >= 0.6 is 0 Å². The zero-order valence-electron chi connectivity index (χ0n) is 19.0. The molecule has 0 saturated carbocycles. The number of hydrogen-bond donors (Lipinski definition) is 1. The fourth-order valence-corrected chi connectivity index (χ4v) is 3.65. The molecule has 0 aliphatic rings. The molecule has 0 radical (unpaired) electrons. The van der Waals surface area contributed by atoms with E-state index in [1.807, 2.05) is 36.4 Å². The first-order chi connectivity index (χ1) is 16.1. The van der Waals surface area contributed by atoms with Gasteiger partial charge < -0.3 is 19.5 Å². The summed E-state index contributed by atoms with van der Waals surface area (Å²) in [7, 11) is 3.08. The summed E-state index contributed by atoms with van der Waals surface area (Å²) in [5, 5.41) is 2.85. The van der Waals surface area contributed by atoms with Crippen molar-refractivity contribution in [2.45, 2.75) is 18.8 Å². The van der Waals surface area contributed by atoms with Crippen LogP contribution in [0.15, 0.2) is 78.9 Å². The molecule has 6 nitrogen and oxygen atoms in total. The van der Waals surface area contributed by atoms with E-state index >= 15 is 0 Å². The maximum Gasteiger partial charge on any atom is 0.310 e. The Morgan fingerprint density at radius 2 is 1.48 bits per heavy atom. The molecule has 0 saturated heterocycles. The molecule has 0 spiro atoms.